The molecular formula is C14H11ClN4O3. The topological polar surface area (TPSA) is 104 Å². The molecule has 22 heavy (non-hydrogen) atoms. The normalized spacial score (nSPS) is 10.8. The Balaban J connectivity index is 1.78. The quantitative estimate of drug-likeness (QED) is 0.508. The molecule has 3 N–H and O–H groups in total. The van der Waals surface area contributed by atoms with Crippen LogP contribution >= 0.6 is 11.6 Å². The van der Waals surface area contributed by atoms with Crippen LogP contribution in [0.3, 0.4) is 0 Å². The largest absolute Gasteiger partial charge is 0.380 e. The molecule has 0 aliphatic carbocycles. The van der Waals surface area contributed by atoms with E-state index >= 15 is 0 Å². The van der Waals surface area contributed by atoms with Crippen LogP contribution < -0.4 is 11.0 Å². The van der Waals surface area contributed by atoms with Crippen molar-refractivity contribution >= 4 is 34.0 Å². The van der Waals surface area contributed by atoms with Crippen LogP contribution in [-0.4, -0.2) is 14.9 Å². The SMILES string of the molecule is O=c1[nH]c2ccc(CNc3ccc([N+](=O)[O-])cc3Cl)cc2[nH]1. The Kier molecular flexibility index (Phi) is 3.56. The number of anilines is 1. The lowest BCUT2D eigenvalue weighted by molar-refractivity contribution is -0.384. The average Bonchev–Trinajstić information content (AvgIpc) is 2.85. The maximum Gasteiger partial charge on any atom is 0.323 e. The minimum Gasteiger partial charge on any atom is -0.380 e. The van der Waals surface area contributed by atoms with E-state index in [2.05, 4.69) is 15.3 Å². The first kappa shape index (κ1) is 14.2. The lowest BCUT2D eigenvalue weighted by Gasteiger charge is -2.08. The van der Waals surface area contributed by atoms with Gasteiger partial charge in [0.1, 0.15) is 0 Å². The van der Waals surface area contributed by atoms with Crippen LogP contribution in [0.15, 0.2) is 41.2 Å². The molecule has 0 saturated heterocycles. The van der Waals surface area contributed by atoms with Crippen molar-refractivity contribution in [1.82, 2.24) is 9.97 Å². The fourth-order valence-corrected chi connectivity index (χ4v) is 2.39. The summed E-state index contributed by atoms with van der Waals surface area (Å²) in [4.78, 5) is 26.7. The van der Waals surface area contributed by atoms with Gasteiger partial charge >= 0.3 is 5.69 Å². The summed E-state index contributed by atoms with van der Waals surface area (Å²) in [6.45, 7) is 0.473. The molecule has 0 unspecified atom stereocenters. The number of nitro groups is 1. The molecule has 1 heterocycles. The zero-order chi connectivity index (χ0) is 15.7. The predicted molar refractivity (Wildman–Crippen MR) is 84.4 cm³/mol. The molecule has 0 amide bonds. The molecule has 3 rings (SSSR count). The van der Waals surface area contributed by atoms with Gasteiger partial charge in [-0.2, -0.15) is 0 Å². The van der Waals surface area contributed by atoms with E-state index in [1.807, 2.05) is 18.2 Å². The number of benzene rings is 2. The number of H-pyrrole nitrogens is 2. The molecule has 7 nitrogen and oxygen atoms in total. The number of nitrogens with zero attached hydrogens (tertiary/aromatic N) is 1. The molecular weight excluding hydrogens is 308 g/mol. The molecule has 3 aromatic rings. The Morgan fingerprint density at radius 1 is 1.14 bits per heavy atom. The van der Waals surface area contributed by atoms with Gasteiger partial charge in [-0.15, -0.1) is 0 Å². The van der Waals surface area contributed by atoms with Crippen molar-refractivity contribution in [3.8, 4) is 0 Å². The Hall–Kier alpha value is -2.80. The van der Waals surface area contributed by atoms with Crippen molar-refractivity contribution in [2.45, 2.75) is 6.54 Å². The molecule has 0 fully saturated rings. The first-order chi connectivity index (χ1) is 10.5. The fraction of sp³-hybridized carbons (Fsp3) is 0.0714. The van der Waals surface area contributed by atoms with Crippen molar-refractivity contribution in [3.05, 3.63) is 67.6 Å². The Bertz CT molecular complexity index is 916. The van der Waals surface area contributed by atoms with Gasteiger partial charge in [-0.25, -0.2) is 4.79 Å². The number of fused-ring (bicyclic) bond motifs is 1. The second kappa shape index (κ2) is 5.53. The summed E-state index contributed by atoms with van der Waals surface area (Å²) in [5, 5.41) is 14.1. The number of imidazole rings is 1. The molecule has 0 spiro atoms. The van der Waals surface area contributed by atoms with Gasteiger partial charge in [-0.05, 0) is 23.8 Å². The van der Waals surface area contributed by atoms with E-state index in [-0.39, 0.29) is 16.4 Å². The molecule has 0 saturated carbocycles. The highest BCUT2D eigenvalue weighted by atomic mass is 35.5. The van der Waals surface area contributed by atoms with Gasteiger partial charge in [0.2, 0.25) is 0 Å². The third kappa shape index (κ3) is 2.79. The highest BCUT2D eigenvalue weighted by Gasteiger charge is 2.09. The van der Waals surface area contributed by atoms with Crippen LogP contribution in [0.25, 0.3) is 11.0 Å². The lowest BCUT2D eigenvalue weighted by atomic mass is 10.2. The number of halogens is 1. The summed E-state index contributed by atoms with van der Waals surface area (Å²) in [5.41, 5.74) is 2.70. The van der Waals surface area contributed by atoms with Crippen LogP contribution in [-0.2, 0) is 6.54 Å². The van der Waals surface area contributed by atoms with Crippen LogP contribution in [0.5, 0.6) is 0 Å². The van der Waals surface area contributed by atoms with Crippen LogP contribution in [0.4, 0.5) is 11.4 Å². The van der Waals surface area contributed by atoms with E-state index in [0.29, 0.717) is 12.2 Å². The van der Waals surface area contributed by atoms with Gasteiger partial charge in [0.05, 0.1) is 26.7 Å². The Labute approximate surface area is 129 Å². The second-order valence-electron chi connectivity index (χ2n) is 4.73. The number of hydrogen-bond donors (Lipinski definition) is 3. The van der Waals surface area contributed by atoms with E-state index in [0.717, 1.165) is 16.6 Å². The number of nitrogens with one attached hydrogen (secondary N) is 3. The van der Waals surface area contributed by atoms with Crippen molar-refractivity contribution in [1.29, 1.82) is 0 Å². The summed E-state index contributed by atoms with van der Waals surface area (Å²) in [5.74, 6) is 0. The molecule has 0 aliphatic heterocycles. The number of aromatic nitrogens is 2. The minimum atomic E-state index is -0.494. The lowest BCUT2D eigenvalue weighted by Crippen LogP contribution is -2.00. The number of non-ortho nitro benzene ring substituents is 1. The maximum atomic E-state index is 11.2. The summed E-state index contributed by atoms with van der Waals surface area (Å²) in [7, 11) is 0. The van der Waals surface area contributed by atoms with E-state index in [1.165, 1.54) is 12.1 Å². The molecule has 0 atom stereocenters. The van der Waals surface area contributed by atoms with E-state index < -0.39 is 4.92 Å². The monoisotopic (exact) mass is 318 g/mol. The number of nitro benzene ring substituents is 1. The van der Waals surface area contributed by atoms with Gasteiger partial charge in [-0.3, -0.25) is 10.1 Å². The van der Waals surface area contributed by atoms with Crippen molar-refractivity contribution < 1.29 is 4.92 Å². The molecule has 8 heteroatoms. The highest BCUT2D eigenvalue weighted by Crippen LogP contribution is 2.27. The summed E-state index contributed by atoms with van der Waals surface area (Å²) < 4.78 is 0. The highest BCUT2D eigenvalue weighted by molar-refractivity contribution is 6.33. The summed E-state index contributed by atoms with van der Waals surface area (Å²) >= 11 is 6.02. The van der Waals surface area contributed by atoms with Crippen LogP contribution in [0.1, 0.15) is 5.56 Å². The van der Waals surface area contributed by atoms with Gasteiger partial charge < -0.3 is 15.3 Å². The van der Waals surface area contributed by atoms with Gasteiger partial charge in [-0.1, -0.05) is 17.7 Å². The molecule has 2 aromatic carbocycles. The number of hydrogen-bond acceptors (Lipinski definition) is 4. The fourth-order valence-electron chi connectivity index (χ4n) is 2.15. The predicted octanol–water partition coefficient (Wildman–Crippen LogP) is 3.03. The summed E-state index contributed by atoms with van der Waals surface area (Å²) in [6.07, 6.45) is 0. The van der Waals surface area contributed by atoms with Crippen LogP contribution in [0.2, 0.25) is 5.02 Å². The van der Waals surface area contributed by atoms with Crippen LogP contribution in [0, 0.1) is 10.1 Å². The number of aromatic amines is 2. The second-order valence-corrected chi connectivity index (χ2v) is 5.14. The zero-order valence-corrected chi connectivity index (χ0v) is 12.0. The molecule has 0 aliphatic rings. The van der Waals surface area contributed by atoms with Crippen molar-refractivity contribution in [2.75, 3.05) is 5.32 Å². The summed E-state index contributed by atoms with van der Waals surface area (Å²) in [6, 6.07) is 9.79. The molecule has 1 aromatic heterocycles. The average molecular weight is 319 g/mol. The first-order valence-electron chi connectivity index (χ1n) is 6.42. The third-order valence-electron chi connectivity index (χ3n) is 3.23. The van der Waals surface area contributed by atoms with Gasteiger partial charge in [0.25, 0.3) is 5.69 Å². The smallest absolute Gasteiger partial charge is 0.323 e. The Morgan fingerprint density at radius 3 is 2.64 bits per heavy atom. The Morgan fingerprint density at radius 2 is 1.91 bits per heavy atom. The van der Waals surface area contributed by atoms with Crippen molar-refractivity contribution in [3.63, 3.8) is 0 Å². The molecule has 112 valence electrons. The third-order valence-corrected chi connectivity index (χ3v) is 3.54. The van der Waals surface area contributed by atoms with Gasteiger partial charge in [0.15, 0.2) is 0 Å². The standard InChI is InChI=1S/C14H11ClN4O3/c15-10-6-9(19(21)22)2-4-11(10)16-7-8-1-3-12-13(5-8)18-14(20)17-12/h1-6,16H,7H2,(H2,17,18,20). The zero-order valence-electron chi connectivity index (χ0n) is 11.2. The first-order valence-corrected chi connectivity index (χ1v) is 6.79. The maximum absolute atomic E-state index is 11.2. The van der Waals surface area contributed by atoms with E-state index in [4.69, 9.17) is 11.6 Å². The van der Waals surface area contributed by atoms with E-state index in [9.17, 15) is 14.9 Å². The molecule has 0 radical (unpaired) electrons. The van der Waals surface area contributed by atoms with Gasteiger partial charge in [0, 0.05) is 18.7 Å². The minimum absolute atomic E-state index is 0.0538. The van der Waals surface area contributed by atoms with Crippen molar-refractivity contribution in [2.24, 2.45) is 0 Å². The molecule has 0 bridgehead atoms. The number of rotatable bonds is 4. The van der Waals surface area contributed by atoms with E-state index in [1.54, 1.807) is 6.07 Å².